The summed E-state index contributed by atoms with van der Waals surface area (Å²) in [6, 6.07) is 5.69. The lowest BCUT2D eigenvalue weighted by Crippen LogP contribution is -2.39. The summed E-state index contributed by atoms with van der Waals surface area (Å²) in [6.45, 7) is 2.70. The molecule has 2 unspecified atom stereocenters. The largest absolute Gasteiger partial charge is 0.487 e. The van der Waals surface area contributed by atoms with E-state index in [4.69, 9.17) is 4.74 Å². The van der Waals surface area contributed by atoms with Gasteiger partial charge in [0.1, 0.15) is 17.7 Å². The number of amides is 1. The van der Waals surface area contributed by atoms with Crippen LogP contribution in [0.3, 0.4) is 0 Å². The standard InChI is InChI=1S/C18H16F4N2O5/c1-9-7-11(3-6-15(9)24(27)28)23-17(26)16(25)10(2)29-12-4-5-14(19)13(8-12)18(20,21)22/h3-8,10,16,25H,1-2H3,(H,23,26). The van der Waals surface area contributed by atoms with Crippen molar-refractivity contribution >= 4 is 17.3 Å². The zero-order valence-corrected chi connectivity index (χ0v) is 15.2. The predicted molar refractivity (Wildman–Crippen MR) is 94.0 cm³/mol. The maximum Gasteiger partial charge on any atom is 0.419 e. The van der Waals surface area contributed by atoms with Crippen LogP contribution in [0, 0.1) is 22.9 Å². The first-order valence-electron chi connectivity index (χ1n) is 8.17. The van der Waals surface area contributed by atoms with Crippen molar-refractivity contribution in [3.8, 4) is 5.75 Å². The van der Waals surface area contributed by atoms with Crippen LogP contribution in [-0.4, -0.2) is 28.1 Å². The number of carbonyl (C=O) groups excluding carboxylic acids is 1. The number of aliphatic hydroxyl groups is 1. The molecular formula is C18H16F4N2O5. The first-order valence-corrected chi connectivity index (χ1v) is 8.17. The van der Waals surface area contributed by atoms with E-state index in [-0.39, 0.29) is 22.7 Å². The number of aliphatic hydroxyl groups excluding tert-OH is 1. The van der Waals surface area contributed by atoms with E-state index < -0.39 is 40.6 Å². The Balaban J connectivity index is 2.08. The number of benzene rings is 2. The molecule has 156 valence electrons. The van der Waals surface area contributed by atoms with Crippen molar-refractivity contribution in [2.75, 3.05) is 5.32 Å². The van der Waals surface area contributed by atoms with E-state index in [9.17, 15) is 37.6 Å². The van der Waals surface area contributed by atoms with Crippen molar-refractivity contribution in [2.45, 2.75) is 32.2 Å². The third-order valence-electron chi connectivity index (χ3n) is 3.94. The number of nitrogens with one attached hydrogen (secondary N) is 1. The van der Waals surface area contributed by atoms with Crippen LogP contribution in [0.15, 0.2) is 36.4 Å². The van der Waals surface area contributed by atoms with Gasteiger partial charge in [-0.3, -0.25) is 14.9 Å². The fourth-order valence-electron chi connectivity index (χ4n) is 2.44. The Hall–Kier alpha value is -3.21. The van der Waals surface area contributed by atoms with E-state index in [0.29, 0.717) is 12.1 Å². The molecule has 1 amide bonds. The molecule has 0 aliphatic heterocycles. The van der Waals surface area contributed by atoms with Gasteiger partial charge in [0.05, 0.1) is 10.5 Å². The predicted octanol–water partition coefficient (Wildman–Crippen LogP) is 3.83. The van der Waals surface area contributed by atoms with Crippen LogP contribution in [0.4, 0.5) is 28.9 Å². The SMILES string of the molecule is Cc1cc(NC(=O)C(O)C(C)Oc2ccc(F)c(C(F)(F)F)c2)ccc1[N+](=O)[O-]. The van der Waals surface area contributed by atoms with Gasteiger partial charge in [0.15, 0.2) is 6.10 Å². The minimum atomic E-state index is -4.93. The fraction of sp³-hybridized carbons (Fsp3) is 0.278. The van der Waals surface area contributed by atoms with Crippen molar-refractivity contribution in [2.24, 2.45) is 0 Å². The van der Waals surface area contributed by atoms with Gasteiger partial charge in [0.2, 0.25) is 0 Å². The van der Waals surface area contributed by atoms with Gasteiger partial charge in [-0.15, -0.1) is 0 Å². The van der Waals surface area contributed by atoms with Gasteiger partial charge >= 0.3 is 6.18 Å². The zero-order chi connectivity index (χ0) is 21.9. The van der Waals surface area contributed by atoms with Crippen molar-refractivity contribution in [3.05, 3.63) is 63.5 Å². The summed E-state index contributed by atoms with van der Waals surface area (Å²) in [6.07, 6.45) is -8.00. The summed E-state index contributed by atoms with van der Waals surface area (Å²) in [5.41, 5.74) is -1.25. The van der Waals surface area contributed by atoms with Crippen LogP contribution in [0.2, 0.25) is 0 Å². The Morgan fingerprint density at radius 2 is 1.90 bits per heavy atom. The molecule has 2 atom stereocenters. The van der Waals surface area contributed by atoms with Crippen LogP contribution in [0.25, 0.3) is 0 Å². The lowest BCUT2D eigenvalue weighted by atomic mass is 10.1. The first kappa shape index (κ1) is 22.1. The molecule has 2 aromatic rings. The van der Waals surface area contributed by atoms with E-state index in [1.54, 1.807) is 0 Å². The van der Waals surface area contributed by atoms with E-state index >= 15 is 0 Å². The molecule has 29 heavy (non-hydrogen) atoms. The quantitative estimate of drug-likeness (QED) is 0.423. The molecule has 0 heterocycles. The number of carbonyl (C=O) groups is 1. The van der Waals surface area contributed by atoms with Gasteiger partial charge < -0.3 is 15.2 Å². The number of nitrogens with zero attached hydrogens (tertiary/aromatic N) is 1. The number of aryl methyl sites for hydroxylation is 1. The van der Waals surface area contributed by atoms with E-state index in [1.165, 1.54) is 32.0 Å². The molecule has 0 aliphatic rings. The summed E-state index contributed by atoms with van der Waals surface area (Å²) in [7, 11) is 0. The zero-order valence-electron chi connectivity index (χ0n) is 15.2. The van der Waals surface area contributed by atoms with Gasteiger partial charge in [-0.1, -0.05) is 0 Å². The molecule has 0 fully saturated rings. The Kier molecular flexibility index (Phi) is 6.42. The van der Waals surface area contributed by atoms with Gasteiger partial charge in [0, 0.05) is 17.3 Å². The van der Waals surface area contributed by atoms with E-state index in [0.717, 1.165) is 6.07 Å². The average Bonchev–Trinajstić information content (AvgIpc) is 2.61. The number of anilines is 1. The van der Waals surface area contributed by atoms with Crippen molar-refractivity contribution < 1.29 is 37.1 Å². The number of rotatable bonds is 6. The molecule has 2 aromatic carbocycles. The molecule has 11 heteroatoms. The number of ether oxygens (including phenoxy) is 1. The minimum absolute atomic E-state index is 0.156. The summed E-state index contributed by atoms with van der Waals surface area (Å²) < 4.78 is 56.7. The molecule has 2 rings (SSSR count). The molecule has 0 aliphatic carbocycles. The van der Waals surface area contributed by atoms with Crippen LogP contribution in [-0.2, 0) is 11.0 Å². The Morgan fingerprint density at radius 3 is 2.45 bits per heavy atom. The molecule has 7 nitrogen and oxygen atoms in total. The van der Waals surface area contributed by atoms with Crippen LogP contribution < -0.4 is 10.1 Å². The average molecular weight is 416 g/mol. The Morgan fingerprint density at radius 1 is 1.24 bits per heavy atom. The Labute approximate surface area is 162 Å². The molecule has 0 aromatic heterocycles. The van der Waals surface area contributed by atoms with Crippen LogP contribution in [0.5, 0.6) is 5.75 Å². The molecular weight excluding hydrogens is 400 g/mol. The van der Waals surface area contributed by atoms with Gasteiger partial charge in [-0.2, -0.15) is 13.2 Å². The lowest BCUT2D eigenvalue weighted by Gasteiger charge is -2.21. The fourth-order valence-corrected chi connectivity index (χ4v) is 2.44. The molecule has 0 bridgehead atoms. The number of halogens is 4. The number of nitro groups is 1. The normalized spacial score (nSPS) is 13.5. The number of hydrogen-bond donors (Lipinski definition) is 2. The monoisotopic (exact) mass is 416 g/mol. The maximum atomic E-state index is 13.3. The second-order valence-electron chi connectivity index (χ2n) is 6.15. The molecule has 2 N–H and O–H groups in total. The van der Waals surface area contributed by atoms with E-state index in [1.807, 2.05) is 0 Å². The second-order valence-corrected chi connectivity index (χ2v) is 6.15. The smallest absolute Gasteiger partial charge is 0.419 e. The van der Waals surface area contributed by atoms with Crippen molar-refractivity contribution in [1.82, 2.24) is 0 Å². The van der Waals surface area contributed by atoms with Crippen LogP contribution >= 0.6 is 0 Å². The molecule has 0 radical (unpaired) electrons. The molecule has 0 saturated carbocycles. The third kappa shape index (κ3) is 5.41. The summed E-state index contributed by atoms with van der Waals surface area (Å²) in [4.78, 5) is 22.3. The highest BCUT2D eigenvalue weighted by atomic mass is 19.4. The van der Waals surface area contributed by atoms with Crippen molar-refractivity contribution in [3.63, 3.8) is 0 Å². The summed E-state index contributed by atoms with van der Waals surface area (Å²) in [5, 5.41) is 23.2. The highest BCUT2D eigenvalue weighted by Crippen LogP contribution is 2.34. The van der Waals surface area contributed by atoms with Crippen molar-refractivity contribution in [1.29, 1.82) is 0 Å². The highest BCUT2D eigenvalue weighted by Gasteiger charge is 2.35. The molecule has 0 spiro atoms. The minimum Gasteiger partial charge on any atom is -0.487 e. The first-order chi connectivity index (χ1) is 13.4. The lowest BCUT2D eigenvalue weighted by molar-refractivity contribution is -0.385. The highest BCUT2D eigenvalue weighted by molar-refractivity contribution is 5.94. The van der Waals surface area contributed by atoms with E-state index in [2.05, 4.69) is 5.32 Å². The number of alkyl halides is 3. The van der Waals surface area contributed by atoms with Gasteiger partial charge in [-0.05, 0) is 44.2 Å². The maximum absolute atomic E-state index is 13.3. The second kappa shape index (κ2) is 8.43. The molecule has 0 saturated heterocycles. The topological polar surface area (TPSA) is 102 Å². The number of hydrogen-bond acceptors (Lipinski definition) is 5. The Bertz CT molecular complexity index is 933. The van der Waals surface area contributed by atoms with Crippen LogP contribution in [0.1, 0.15) is 18.1 Å². The van der Waals surface area contributed by atoms with Gasteiger partial charge in [-0.25, -0.2) is 4.39 Å². The summed E-state index contributed by atoms with van der Waals surface area (Å²) >= 11 is 0. The van der Waals surface area contributed by atoms with Gasteiger partial charge in [0.25, 0.3) is 11.6 Å². The summed E-state index contributed by atoms with van der Waals surface area (Å²) in [5.74, 6) is -2.81. The number of nitro benzene ring substituents is 1. The third-order valence-corrected chi connectivity index (χ3v) is 3.94.